The Kier molecular flexibility index (Phi) is 5.75. The van der Waals surface area contributed by atoms with Crippen molar-refractivity contribution in [1.29, 1.82) is 0 Å². The third-order valence-corrected chi connectivity index (χ3v) is 5.39. The SMILES string of the molecule is CN1CCCC(NS(=O)(=O)c2ccc(CCCN)cc2)C1. The first-order chi connectivity index (χ1) is 10.0. The van der Waals surface area contributed by atoms with Gasteiger partial charge in [0.05, 0.1) is 4.90 Å². The monoisotopic (exact) mass is 311 g/mol. The van der Waals surface area contributed by atoms with Gasteiger partial charge in [0.1, 0.15) is 0 Å². The minimum Gasteiger partial charge on any atom is -0.330 e. The molecule has 1 unspecified atom stereocenters. The maximum Gasteiger partial charge on any atom is 0.240 e. The van der Waals surface area contributed by atoms with Gasteiger partial charge in [0.25, 0.3) is 0 Å². The number of hydrogen-bond acceptors (Lipinski definition) is 4. The van der Waals surface area contributed by atoms with Crippen LogP contribution < -0.4 is 10.5 Å². The average Bonchev–Trinajstić information content (AvgIpc) is 2.45. The molecule has 5 nitrogen and oxygen atoms in total. The normalized spacial score (nSPS) is 20.6. The van der Waals surface area contributed by atoms with Crippen molar-refractivity contribution in [3.8, 4) is 0 Å². The number of rotatable bonds is 6. The fraction of sp³-hybridized carbons (Fsp3) is 0.600. The Morgan fingerprint density at radius 2 is 2.05 bits per heavy atom. The third kappa shape index (κ3) is 4.78. The quantitative estimate of drug-likeness (QED) is 0.820. The maximum atomic E-state index is 12.4. The number of nitrogens with one attached hydrogen (secondary N) is 1. The molecule has 3 N–H and O–H groups in total. The molecule has 1 aliphatic rings. The number of nitrogens with two attached hydrogens (primary N) is 1. The number of likely N-dealkylation sites (tertiary alicyclic amines) is 1. The minimum absolute atomic E-state index is 0.00525. The highest BCUT2D eigenvalue weighted by molar-refractivity contribution is 7.89. The average molecular weight is 311 g/mol. The molecule has 1 heterocycles. The largest absolute Gasteiger partial charge is 0.330 e. The topological polar surface area (TPSA) is 75.4 Å². The number of likely N-dealkylation sites (N-methyl/N-ethyl adjacent to an activating group) is 1. The lowest BCUT2D eigenvalue weighted by molar-refractivity contribution is 0.242. The molecule has 0 bridgehead atoms. The van der Waals surface area contributed by atoms with Crippen molar-refractivity contribution >= 4 is 10.0 Å². The summed E-state index contributed by atoms with van der Waals surface area (Å²) in [6.07, 6.45) is 3.73. The van der Waals surface area contributed by atoms with Gasteiger partial charge in [-0.25, -0.2) is 13.1 Å². The van der Waals surface area contributed by atoms with Crippen LogP contribution in [0.2, 0.25) is 0 Å². The fourth-order valence-electron chi connectivity index (χ4n) is 2.69. The number of nitrogens with zero attached hydrogens (tertiary/aromatic N) is 1. The molecule has 0 spiro atoms. The van der Waals surface area contributed by atoms with Crippen molar-refractivity contribution in [2.45, 2.75) is 36.6 Å². The van der Waals surface area contributed by atoms with Crippen molar-refractivity contribution in [2.75, 3.05) is 26.7 Å². The molecule has 1 aromatic carbocycles. The predicted molar refractivity (Wildman–Crippen MR) is 84.7 cm³/mol. The van der Waals surface area contributed by atoms with Crippen molar-refractivity contribution in [3.05, 3.63) is 29.8 Å². The van der Waals surface area contributed by atoms with Crippen molar-refractivity contribution in [2.24, 2.45) is 5.73 Å². The molecule has 2 rings (SSSR count). The van der Waals surface area contributed by atoms with Crippen LogP contribution in [0.25, 0.3) is 0 Å². The highest BCUT2D eigenvalue weighted by atomic mass is 32.2. The third-order valence-electron chi connectivity index (χ3n) is 3.85. The number of piperidine rings is 1. The summed E-state index contributed by atoms with van der Waals surface area (Å²) >= 11 is 0. The van der Waals surface area contributed by atoms with Gasteiger partial charge in [-0.3, -0.25) is 0 Å². The molecule has 1 saturated heterocycles. The Morgan fingerprint density at radius 3 is 2.67 bits per heavy atom. The van der Waals surface area contributed by atoms with Crippen molar-refractivity contribution in [1.82, 2.24) is 9.62 Å². The molecule has 21 heavy (non-hydrogen) atoms. The molecule has 1 atom stereocenters. The van der Waals surface area contributed by atoms with Crippen molar-refractivity contribution in [3.63, 3.8) is 0 Å². The molecule has 0 amide bonds. The lowest BCUT2D eigenvalue weighted by Crippen LogP contribution is -2.46. The van der Waals surface area contributed by atoms with E-state index in [4.69, 9.17) is 5.73 Å². The Bertz CT molecular complexity index is 543. The Labute approximate surface area is 127 Å². The standard InChI is InChI=1S/C15H25N3O2S/c1-18-11-3-5-14(12-18)17-21(19,20)15-8-6-13(7-9-15)4-2-10-16/h6-9,14,17H,2-5,10-12,16H2,1H3. The van der Waals surface area contributed by atoms with Crippen LogP contribution in [0.1, 0.15) is 24.8 Å². The molecule has 0 aromatic heterocycles. The van der Waals surface area contributed by atoms with Gasteiger partial charge in [0.2, 0.25) is 10.0 Å². The molecular formula is C15H25N3O2S. The molecule has 1 aromatic rings. The first kappa shape index (κ1) is 16.4. The number of benzene rings is 1. The second-order valence-electron chi connectivity index (χ2n) is 5.76. The van der Waals surface area contributed by atoms with E-state index in [1.807, 2.05) is 19.2 Å². The Morgan fingerprint density at radius 1 is 1.33 bits per heavy atom. The van der Waals surface area contributed by atoms with E-state index in [9.17, 15) is 8.42 Å². The highest BCUT2D eigenvalue weighted by Crippen LogP contribution is 2.15. The summed E-state index contributed by atoms with van der Waals surface area (Å²) in [6.45, 7) is 2.46. The first-order valence-corrected chi connectivity index (χ1v) is 8.99. The van der Waals surface area contributed by atoms with Crippen LogP contribution >= 0.6 is 0 Å². The molecule has 1 aliphatic heterocycles. The fourth-order valence-corrected chi connectivity index (χ4v) is 3.95. The molecule has 6 heteroatoms. The van der Waals surface area contributed by atoms with E-state index in [0.717, 1.165) is 44.3 Å². The van der Waals surface area contributed by atoms with E-state index in [2.05, 4.69) is 9.62 Å². The zero-order valence-corrected chi connectivity index (χ0v) is 13.4. The van der Waals surface area contributed by atoms with Crippen LogP contribution in [0, 0.1) is 0 Å². The van der Waals surface area contributed by atoms with Gasteiger partial charge in [0, 0.05) is 12.6 Å². The van der Waals surface area contributed by atoms with E-state index >= 15 is 0 Å². The minimum atomic E-state index is -3.42. The second-order valence-corrected chi connectivity index (χ2v) is 7.47. The van der Waals surface area contributed by atoms with Crippen LogP contribution in [0.3, 0.4) is 0 Å². The van der Waals surface area contributed by atoms with Gasteiger partial charge in [-0.2, -0.15) is 0 Å². The van der Waals surface area contributed by atoms with Crippen LogP contribution in [-0.2, 0) is 16.4 Å². The van der Waals surface area contributed by atoms with E-state index in [1.165, 1.54) is 0 Å². The van der Waals surface area contributed by atoms with E-state index in [-0.39, 0.29) is 6.04 Å². The van der Waals surface area contributed by atoms with Crippen LogP contribution in [0.5, 0.6) is 0 Å². The van der Waals surface area contributed by atoms with E-state index in [1.54, 1.807) is 12.1 Å². The Hall–Kier alpha value is -0.950. The highest BCUT2D eigenvalue weighted by Gasteiger charge is 2.23. The van der Waals surface area contributed by atoms with Gasteiger partial charge in [0.15, 0.2) is 0 Å². The van der Waals surface area contributed by atoms with Crippen LogP contribution in [0.15, 0.2) is 29.2 Å². The van der Waals surface area contributed by atoms with Gasteiger partial charge in [-0.1, -0.05) is 12.1 Å². The summed E-state index contributed by atoms with van der Waals surface area (Å²) in [5.74, 6) is 0. The van der Waals surface area contributed by atoms with Crippen molar-refractivity contribution < 1.29 is 8.42 Å². The summed E-state index contributed by atoms with van der Waals surface area (Å²) < 4.78 is 27.6. The molecule has 0 saturated carbocycles. The van der Waals surface area contributed by atoms with Gasteiger partial charge in [-0.15, -0.1) is 0 Å². The summed E-state index contributed by atoms with van der Waals surface area (Å²) in [6, 6.07) is 7.11. The van der Waals surface area contributed by atoms with Crippen LogP contribution in [0.4, 0.5) is 0 Å². The number of hydrogen-bond donors (Lipinski definition) is 2. The summed E-state index contributed by atoms with van der Waals surface area (Å²) in [5.41, 5.74) is 6.60. The number of sulfonamides is 1. The zero-order chi connectivity index (χ0) is 15.3. The zero-order valence-electron chi connectivity index (χ0n) is 12.6. The summed E-state index contributed by atoms with van der Waals surface area (Å²) in [5, 5.41) is 0. The van der Waals surface area contributed by atoms with Gasteiger partial charge >= 0.3 is 0 Å². The predicted octanol–water partition coefficient (Wildman–Crippen LogP) is 0.950. The Balaban J connectivity index is 2.01. The molecule has 0 radical (unpaired) electrons. The lowest BCUT2D eigenvalue weighted by atomic mass is 10.1. The van der Waals surface area contributed by atoms with E-state index in [0.29, 0.717) is 11.4 Å². The van der Waals surface area contributed by atoms with Gasteiger partial charge < -0.3 is 10.6 Å². The maximum absolute atomic E-state index is 12.4. The molecular weight excluding hydrogens is 286 g/mol. The summed E-state index contributed by atoms with van der Waals surface area (Å²) in [4.78, 5) is 2.50. The number of aryl methyl sites for hydroxylation is 1. The second kappa shape index (κ2) is 7.35. The summed E-state index contributed by atoms with van der Waals surface area (Å²) in [7, 11) is -1.40. The van der Waals surface area contributed by atoms with E-state index < -0.39 is 10.0 Å². The smallest absolute Gasteiger partial charge is 0.240 e. The lowest BCUT2D eigenvalue weighted by Gasteiger charge is -2.29. The molecule has 1 fully saturated rings. The molecule has 0 aliphatic carbocycles. The van der Waals surface area contributed by atoms with Crippen LogP contribution in [-0.4, -0.2) is 46.0 Å². The van der Waals surface area contributed by atoms with Gasteiger partial charge in [-0.05, 0) is 63.5 Å². The molecule has 118 valence electrons. The first-order valence-electron chi connectivity index (χ1n) is 7.51.